The first kappa shape index (κ1) is 16.5. The first-order valence-corrected chi connectivity index (χ1v) is 7.48. The first-order chi connectivity index (χ1) is 10.5. The summed E-state index contributed by atoms with van der Waals surface area (Å²) in [6.07, 6.45) is 0. The molecule has 2 aromatic carbocycles. The molecule has 6 heteroatoms. The number of hydrogen-bond donors (Lipinski definition) is 0. The van der Waals surface area contributed by atoms with E-state index in [-0.39, 0.29) is 18.0 Å². The van der Waals surface area contributed by atoms with Crippen LogP contribution >= 0.6 is 27.5 Å². The Labute approximate surface area is 141 Å². The summed E-state index contributed by atoms with van der Waals surface area (Å²) in [5.74, 6) is -0.623. The van der Waals surface area contributed by atoms with E-state index in [1.165, 1.54) is 13.2 Å². The van der Waals surface area contributed by atoms with Crippen molar-refractivity contribution < 1.29 is 19.1 Å². The zero-order valence-corrected chi connectivity index (χ0v) is 14.0. The van der Waals surface area contributed by atoms with Crippen molar-refractivity contribution in [2.75, 3.05) is 13.7 Å². The van der Waals surface area contributed by atoms with E-state index >= 15 is 0 Å². The van der Waals surface area contributed by atoms with Crippen LogP contribution in [0.3, 0.4) is 0 Å². The highest BCUT2D eigenvalue weighted by Crippen LogP contribution is 2.23. The predicted molar refractivity (Wildman–Crippen MR) is 86.8 cm³/mol. The molecule has 4 nitrogen and oxygen atoms in total. The van der Waals surface area contributed by atoms with Crippen molar-refractivity contribution in [3.63, 3.8) is 0 Å². The Morgan fingerprint density at radius 3 is 2.64 bits per heavy atom. The van der Waals surface area contributed by atoms with Gasteiger partial charge in [-0.15, -0.1) is 0 Å². The molecule has 0 amide bonds. The van der Waals surface area contributed by atoms with E-state index in [2.05, 4.69) is 15.9 Å². The van der Waals surface area contributed by atoms with Gasteiger partial charge in [-0.1, -0.05) is 39.7 Å². The molecule has 0 aliphatic rings. The number of esters is 1. The van der Waals surface area contributed by atoms with Crippen LogP contribution in [0.4, 0.5) is 0 Å². The summed E-state index contributed by atoms with van der Waals surface area (Å²) in [5, 5.41) is 0.381. The third-order valence-corrected chi connectivity index (χ3v) is 3.59. The number of carbonyl (C=O) groups is 2. The molecule has 114 valence electrons. The number of methoxy groups -OCH3 is 1. The molecule has 2 rings (SSSR count). The number of hydrogen-bond acceptors (Lipinski definition) is 4. The Balaban J connectivity index is 2.07. The highest BCUT2D eigenvalue weighted by Gasteiger charge is 2.16. The number of carbonyl (C=O) groups excluding carboxylic acids is 2. The van der Waals surface area contributed by atoms with E-state index in [4.69, 9.17) is 21.1 Å². The van der Waals surface area contributed by atoms with Gasteiger partial charge in [-0.3, -0.25) is 4.79 Å². The highest BCUT2D eigenvalue weighted by atomic mass is 79.9. The van der Waals surface area contributed by atoms with Gasteiger partial charge in [0.05, 0.1) is 7.11 Å². The molecule has 2 aromatic rings. The molecular weight excluding hydrogens is 372 g/mol. The minimum Gasteiger partial charge on any atom is -0.496 e. The minimum absolute atomic E-state index is 0.178. The molecule has 0 fully saturated rings. The molecule has 0 heterocycles. The van der Waals surface area contributed by atoms with Crippen molar-refractivity contribution >= 4 is 39.3 Å². The van der Waals surface area contributed by atoms with Crippen LogP contribution < -0.4 is 4.74 Å². The normalized spacial score (nSPS) is 10.1. The lowest BCUT2D eigenvalue weighted by Crippen LogP contribution is -2.15. The molecule has 0 bridgehead atoms. The second-order valence-corrected chi connectivity index (χ2v) is 5.71. The number of benzene rings is 2. The van der Waals surface area contributed by atoms with Crippen molar-refractivity contribution in [1.82, 2.24) is 0 Å². The third-order valence-electron chi connectivity index (χ3n) is 2.86. The molecule has 0 radical (unpaired) electrons. The number of rotatable bonds is 5. The van der Waals surface area contributed by atoms with Gasteiger partial charge in [0.15, 0.2) is 12.4 Å². The van der Waals surface area contributed by atoms with Gasteiger partial charge in [0.25, 0.3) is 0 Å². The number of Topliss-reactive ketones (excluding diaryl/α,β-unsaturated/α-hetero) is 1. The fourth-order valence-corrected chi connectivity index (χ4v) is 2.37. The summed E-state index contributed by atoms with van der Waals surface area (Å²) < 4.78 is 10.9. The molecule has 0 aromatic heterocycles. The maximum Gasteiger partial charge on any atom is 0.342 e. The summed E-state index contributed by atoms with van der Waals surface area (Å²) in [5.41, 5.74) is 0.636. The topological polar surface area (TPSA) is 52.6 Å². The maximum absolute atomic E-state index is 12.1. The third kappa shape index (κ3) is 4.08. The van der Waals surface area contributed by atoms with Crippen LogP contribution in [-0.2, 0) is 4.74 Å². The molecule has 22 heavy (non-hydrogen) atoms. The molecular formula is C16H12BrClO4. The summed E-state index contributed by atoms with van der Waals surface area (Å²) in [6, 6.07) is 11.5. The van der Waals surface area contributed by atoms with E-state index in [0.29, 0.717) is 16.3 Å². The Bertz CT molecular complexity index is 715. The first-order valence-electron chi connectivity index (χ1n) is 6.30. The summed E-state index contributed by atoms with van der Waals surface area (Å²) in [6.45, 7) is -0.356. The standard InChI is InChI=1S/C16H12BrClO4/c1-21-15-6-5-12(18)8-13(15)16(20)22-9-14(19)10-3-2-4-11(17)7-10/h2-8H,9H2,1H3. The fourth-order valence-electron chi connectivity index (χ4n) is 1.79. The molecule has 0 spiro atoms. The van der Waals surface area contributed by atoms with Crippen LogP contribution in [0.1, 0.15) is 20.7 Å². The SMILES string of the molecule is COc1ccc(Cl)cc1C(=O)OCC(=O)c1cccc(Br)c1. The lowest BCUT2D eigenvalue weighted by atomic mass is 10.1. The van der Waals surface area contributed by atoms with Gasteiger partial charge in [-0.05, 0) is 30.3 Å². The molecule has 0 atom stereocenters. The van der Waals surface area contributed by atoms with Gasteiger partial charge in [0, 0.05) is 15.1 Å². The van der Waals surface area contributed by atoms with E-state index in [0.717, 1.165) is 4.47 Å². The Morgan fingerprint density at radius 2 is 1.95 bits per heavy atom. The minimum atomic E-state index is -0.664. The lowest BCUT2D eigenvalue weighted by Gasteiger charge is -2.09. The second kappa shape index (κ2) is 7.42. The van der Waals surface area contributed by atoms with Crippen LogP contribution in [0, 0.1) is 0 Å². The summed E-state index contributed by atoms with van der Waals surface area (Å²) in [4.78, 5) is 24.1. The van der Waals surface area contributed by atoms with Gasteiger partial charge in [0.1, 0.15) is 11.3 Å². The zero-order valence-electron chi connectivity index (χ0n) is 11.6. The van der Waals surface area contributed by atoms with Crippen LogP contribution in [0.25, 0.3) is 0 Å². The molecule has 0 N–H and O–H groups in total. The predicted octanol–water partition coefficient (Wildman–Crippen LogP) is 4.15. The quantitative estimate of drug-likeness (QED) is 0.575. The zero-order chi connectivity index (χ0) is 16.1. The van der Waals surface area contributed by atoms with Gasteiger partial charge in [-0.25, -0.2) is 4.79 Å². The van der Waals surface area contributed by atoms with Crippen LogP contribution in [0.5, 0.6) is 5.75 Å². The molecule has 0 saturated carbocycles. The monoisotopic (exact) mass is 382 g/mol. The van der Waals surface area contributed by atoms with E-state index < -0.39 is 5.97 Å². The maximum atomic E-state index is 12.1. The second-order valence-electron chi connectivity index (χ2n) is 4.35. The van der Waals surface area contributed by atoms with E-state index in [1.54, 1.807) is 36.4 Å². The van der Waals surface area contributed by atoms with Crippen LogP contribution in [0.2, 0.25) is 5.02 Å². The van der Waals surface area contributed by atoms with E-state index in [1.807, 2.05) is 0 Å². The van der Waals surface area contributed by atoms with Crippen molar-refractivity contribution in [3.8, 4) is 5.75 Å². The Hall–Kier alpha value is -1.85. The average Bonchev–Trinajstić information content (AvgIpc) is 2.52. The van der Waals surface area contributed by atoms with Gasteiger partial charge in [0.2, 0.25) is 0 Å². The number of ether oxygens (including phenoxy) is 2. The largest absolute Gasteiger partial charge is 0.496 e. The van der Waals surface area contributed by atoms with Gasteiger partial charge < -0.3 is 9.47 Å². The van der Waals surface area contributed by atoms with Gasteiger partial charge >= 0.3 is 5.97 Å². The molecule has 0 saturated heterocycles. The fraction of sp³-hybridized carbons (Fsp3) is 0.125. The van der Waals surface area contributed by atoms with Crippen molar-refractivity contribution in [3.05, 3.63) is 63.1 Å². The van der Waals surface area contributed by atoms with Crippen molar-refractivity contribution in [2.45, 2.75) is 0 Å². The summed E-state index contributed by atoms with van der Waals surface area (Å²) in [7, 11) is 1.44. The smallest absolute Gasteiger partial charge is 0.342 e. The van der Waals surface area contributed by atoms with Crippen molar-refractivity contribution in [2.24, 2.45) is 0 Å². The summed E-state index contributed by atoms with van der Waals surface area (Å²) >= 11 is 9.14. The highest BCUT2D eigenvalue weighted by molar-refractivity contribution is 9.10. The molecule has 0 unspecified atom stereocenters. The van der Waals surface area contributed by atoms with E-state index in [9.17, 15) is 9.59 Å². The van der Waals surface area contributed by atoms with Gasteiger partial charge in [-0.2, -0.15) is 0 Å². The average molecular weight is 384 g/mol. The van der Waals surface area contributed by atoms with Crippen LogP contribution in [-0.4, -0.2) is 25.5 Å². The Kier molecular flexibility index (Phi) is 5.57. The van der Waals surface area contributed by atoms with Crippen molar-refractivity contribution in [1.29, 1.82) is 0 Å². The lowest BCUT2D eigenvalue weighted by molar-refractivity contribution is 0.0471. The Morgan fingerprint density at radius 1 is 1.18 bits per heavy atom. The number of ketones is 1. The molecule has 0 aliphatic carbocycles. The molecule has 0 aliphatic heterocycles. The van der Waals surface area contributed by atoms with Crippen LogP contribution in [0.15, 0.2) is 46.9 Å². The number of halogens is 2.